The van der Waals surface area contributed by atoms with Crippen LogP contribution in [0.25, 0.3) is 10.2 Å². The van der Waals surface area contributed by atoms with Crippen LogP contribution in [-0.2, 0) is 0 Å². The van der Waals surface area contributed by atoms with Crippen LogP contribution in [0.4, 0.5) is 15.2 Å². The van der Waals surface area contributed by atoms with E-state index in [1.807, 2.05) is 24.3 Å². The summed E-state index contributed by atoms with van der Waals surface area (Å²) in [7, 11) is 0. The van der Waals surface area contributed by atoms with Crippen molar-refractivity contribution in [3.63, 3.8) is 0 Å². The number of fused-ring (bicyclic) bond motifs is 1. The second-order valence-corrected chi connectivity index (χ2v) is 5.93. The predicted octanol–water partition coefficient (Wildman–Crippen LogP) is 4.78. The highest BCUT2D eigenvalue weighted by molar-refractivity contribution is 14.1. The number of anilines is 2. The number of rotatable bonds is 2. The van der Waals surface area contributed by atoms with E-state index in [0.717, 1.165) is 19.1 Å². The molecule has 0 saturated carbocycles. The minimum absolute atomic E-state index is 0.256. The molecule has 0 unspecified atom stereocenters. The molecular weight excluding hydrogens is 362 g/mol. The summed E-state index contributed by atoms with van der Waals surface area (Å²) in [4.78, 5) is 4.37. The molecule has 0 saturated heterocycles. The minimum atomic E-state index is -0.256. The lowest BCUT2D eigenvalue weighted by Gasteiger charge is -2.03. The standard InChI is InChI=1S/C13H8FIN2S/c14-8-5-6-12-11(7-8)17-13(18-12)16-10-4-2-1-3-9(10)15/h1-7H,(H,16,17). The summed E-state index contributed by atoms with van der Waals surface area (Å²) in [5.74, 6) is -0.256. The van der Waals surface area contributed by atoms with Gasteiger partial charge in [-0.1, -0.05) is 23.5 Å². The first kappa shape index (κ1) is 11.9. The summed E-state index contributed by atoms with van der Waals surface area (Å²) >= 11 is 3.78. The molecule has 3 rings (SSSR count). The Morgan fingerprint density at radius 3 is 2.83 bits per heavy atom. The Morgan fingerprint density at radius 1 is 1.17 bits per heavy atom. The molecule has 0 fully saturated rings. The van der Waals surface area contributed by atoms with Crippen molar-refractivity contribution < 1.29 is 4.39 Å². The quantitative estimate of drug-likeness (QED) is 0.657. The molecule has 0 aliphatic heterocycles. The van der Waals surface area contributed by atoms with Gasteiger partial charge in [0.1, 0.15) is 5.82 Å². The maximum atomic E-state index is 13.1. The molecule has 18 heavy (non-hydrogen) atoms. The Bertz CT molecular complexity index is 711. The summed E-state index contributed by atoms with van der Waals surface area (Å²) in [5, 5.41) is 4.04. The predicted molar refractivity (Wildman–Crippen MR) is 82.0 cm³/mol. The maximum absolute atomic E-state index is 13.1. The lowest BCUT2D eigenvalue weighted by molar-refractivity contribution is 0.629. The van der Waals surface area contributed by atoms with Gasteiger partial charge in [-0.05, 0) is 46.9 Å². The number of nitrogens with one attached hydrogen (secondary N) is 1. The molecule has 0 amide bonds. The van der Waals surface area contributed by atoms with Crippen molar-refractivity contribution in [3.05, 3.63) is 51.9 Å². The van der Waals surface area contributed by atoms with Crippen LogP contribution < -0.4 is 5.32 Å². The Kier molecular flexibility index (Phi) is 3.17. The summed E-state index contributed by atoms with van der Waals surface area (Å²) in [6.07, 6.45) is 0. The summed E-state index contributed by atoms with van der Waals surface area (Å²) < 4.78 is 15.2. The second kappa shape index (κ2) is 4.81. The molecule has 90 valence electrons. The number of aromatic nitrogens is 1. The molecule has 1 aromatic heterocycles. The molecule has 0 spiro atoms. The normalized spacial score (nSPS) is 10.8. The average molecular weight is 370 g/mol. The number of halogens is 2. The Morgan fingerprint density at radius 2 is 2.00 bits per heavy atom. The van der Waals surface area contributed by atoms with E-state index in [-0.39, 0.29) is 5.82 Å². The first-order valence-corrected chi connectivity index (χ1v) is 7.19. The van der Waals surface area contributed by atoms with E-state index in [1.165, 1.54) is 23.5 Å². The number of nitrogens with zero attached hydrogens (tertiary/aromatic N) is 1. The van der Waals surface area contributed by atoms with E-state index in [2.05, 4.69) is 32.9 Å². The molecule has 0 atom stereocenters. The van der Waals surface area contributed by atoms with E-state index in [0.29, 0.717) is 5.52 Å². The van der Waals surface area contributed by atoms with Gasteiger partial charge in [0.25, 0.3) is 0 Å². The third kappa shape index (κ3) is 2.32. The summed E-state index contributed by atoms with van der Waals surface area (Å²) in [5.41, 5.74) is 1.70. The molecule has 0 radical (unpaired) electrons. The van der Waals surface area contributed by atoms with Gasteiger partial charge in [-0.3, -0.25) is 0 Å². The third-order valence-corrected chi connectivity index (χ3v) is 4.36. The zero-order valence-corrected chi connectivity index (χ0v) is 12.1. The largest absolute Gasteiger partial charge is 0.331 e. The summed E-state index contributed by atoms with van der Waals surface area (Å²) in [6, 6.07) is 12.6. The minimum Gasteiger partial charge on any atom is -0.331 e. The lowest BCUT2D eigenvalue weighted by Crippen LogP contribution is -1.91. The van der Waals surface area contributed by atoms with Crippen LogP contribution in [0.2, 0.25) is 0 Å². The van der Waals surface area contributed by atoms with Crippen LogP contribution in [0.1, 0.15) is 0 Å². The van der Waals surface area contributed by atoms with Gasteiger partial charge in [0, 0.05) is 9.64 Å². The van der Waals surface area contributed by atoms with Gasteiger partial charge in [0.15, 0.2) is 5.13 Å². The monoisotopic (exact) mass is 370 g/mol. The molecule has 0 aliphatic carbocycles. The Hall–Kier alpha value is -1.21. The van der Waals surface area contributed by atoms with Crippen molar-refractivity contribution in [1.29, 1.82) is 0 Å². The topological polar surface area (TPSA) is 24.9 Å². The lowest BCUT2D eigenvalue weighted by atomic mass is 10.3. The molecule has 2 aromatic carbocycles. The molecule has 0 aliphatic rings. The fraction of sp³-hybridized carbons (Fsp3) is 0. The third-order valence-electron chi connectivity index (χ3n) is 2.47. The van der Waals surface area contributed by atoms with Crippen molar-refractivity contribution >= 4 is 55.0 Å². The van der Waals surface area contributed by atoms with Crippen LogP contribution in [0.5, 0.6) is 0 Å². The van der Waals surface area contributed by atoms with Crippen molar-refractivity contribution in [1.82, 2.24) is 4.98 Å². The molecule has 5 heteroatoms. The van der Waals surface area contributed by atoms with Gasteiger partial charge in [-0.25, -0.2) is 9.37 Å². The molecular formula is C13H8FIN2S. The van der Waals surface area contributed by atoms with Gasteiger partial charge in [-0.2, -0.15) is 0 Å². The molecule has 0 bridgehead atoms. The fourth-order valence-corrected chi connectivity index (χ4v) is 3.01. The van der Waals surface area contributed by atoms with Crippen LogP contribution >= 0.6 is 33.9 Å². The zero-order valence-electron chi connectivity index (χ0n) is 9.15. The molecule has 1 heterocycles. The van der Waals surface area contributed by atoms with E-state index < -0.39 is 0 Å². The van der Waals surface area contributed by atoms with Crippen LogP contribution in [-0.4, -0.2) is 4.98 Å². The zero-order chi connectivity index (χ0) is 12.5. The van der Waals surface area contributed by atoms with Crippen molar-refractivity contribution in [2.45, 2.75) is 0 Å². The SMILES string of the molecule is Fc1ccc2sc(Nc3ccccc3I)nc2c1. The van der Waals surface area contributed by atoms with Crippen molar-refractivity contribution in [2.24, 2.45) is 0 Å². The molecule has 3 aromatic rings. The van der Waals surface area contributed by atoms with E-state index >= 15 is 0 Å². The molecule has 2 nitrogen and oxygen atoms in total. The highest BCUT2D eigenvalue weighted by atomic mass is 127. The van der Waals surface area contributed by atoms with Crippen LogP contribution in [0, 0.1) is 9.39 Å². The van der Waals surface area contributed by atoms with E-state index in [1.54, 1.807) is 6.07 Å². The van der Waals surface area contributed by atoms with E-state index in [9.17, 15) is 4.39 Å². The highest BCUT2D eigenvalue weighted by Gasteiger charge is 2.06. The number of para-hydroxylation sites is 1. The first-order valence-electron chi connectivity index (χ1n) is 5.30. The van der Waals surface area contributed by atoms with Crippen molar-refractivity contribution in [2.75, 3.05) is 5.32 Å². The number of benzene rings is 2. The van der Waals surface area contributed by atoms with Gasteiger partial charge in [0.05, 0.1) is 15.9 Å². The average Bonchev–Trinajstić information content (AvgIpc) is 2.73. The number of thiazole rings is 1. The van der Waals surface area contributed by atoms with Gasteiger partial charge in [0.2, 0.25) is 0 Å². The van der Waals surface area contributed by atoms with E-state index in [4.69, 9.17) is 0 Å². The smallest absolute Gasteiger partial charge is 0.188 e. The first-order chi connectivity index (χ1) is 8.72. The highest BCUT2D eigenvalue weighted by Crippen LogP contribution is 2.30. The maximum Gasteiger partial charge on any atom is 0.188 e. The van der Waals surface area contributed by atoms with Crippen molar-refractivity contribution in [3.8, 4) is 0 Å². The Labute approximate surface area is 121 Å². The molecule has 1 N–H and O–H groups in total. The van der Waals surface area contributed by atoms with Crippen LogP contribution in [0.15, 0.2) is 42.5 Å². The second-order valence-electron chi connectivity index (χ2n) is 3.74. The van der Waals surface area contributed by atoms with Crippen LogP contribution in [0.3, 0.4) is 0 Å². The number of hydrogen-bond donors (Lipinski definition) is 1. The fourth-order valence-electron chi connectivity index (χ4n) is 1.63. The van der Waals surface area contributed by atoms with Gasteiger partial charge < -0.3 is 5.32 Å². The van der Waals surface area contributed by atoms with Gasteiger partial charge in [-0.15, -0.1) is 0 Å². The Balaban J connectivity index is 1.98. The summed E-state index contributed by atoms with van der Waals surface area (Å²) in [6.45, 7) is 0. The van der Waals surface area contributed by atoms with Gasteiger partial charge >= 0.3 is 0 Å². The number of hydrogen-bond acceptors (Lipinski definition) is 3.